The van der Waals surface area contributed by atoms with Gasteiger partial charge in [-0.3, -0.25) is 0 Å². The molecule has 0 aromatic heterocycles. The average molecular weight is 232 g/mol. The lowest BCUT2D eigenvalue weighted by molar-refractivity contribution is -0.0527. The SMILES string of the molecule is CC(C)(O)/C(=C/C#N)SC[C@H](N)C(O)O. The van der Waals surface area contributed by atoms with Gasteiger partial charge in [0.25, 0.3) is 0 Å². The molecule has 15 heavy (non-hydrogen) atoms. The Balaban J connectivity index is 4.36. The highest BCUT2D eigenvalue weighted by atomic mass is 32.2. The van der Waals surface area contributed by atoms with Gasteiger partial charge in [0, 0.05) is 16.7 Å². The van der Waals surface area contributed by atoms with E-state index in [1.54, 1.807) is 13.8 Å². The molecule has 0 amide bonds. The van der Waals surface area contributed by atoms with Crippen molar-refractivity contribution in [1.82, 2.24) is 0 Å². The molecule has 5 nitrogen and oxygen atoms in total. The van der Waals surface area contributed by atoms with E-state index >= 15 is 0 Å². The lowest BCUT2D eigenvalue weighted by Gasteiger charge is -2.22. The van der Waals surface area contributed by atoms with Crippen molar-refractivity contribution in [3.05, 3.63) is 11.0 Å². The Morgan fingerprint density at radius 3 is 2.47 bits per heavy atom. The van der Waals surface area contributed by atoms with E-state index in [4.69, 9.17) is 21.2 Å². The van der Waals surface area contributed by atoms with Gasteiger partial charge < -0.3 is 21.1 Å². The largest absolute Gasteiger partial charge is 0.385 e. The van der Waals surface area contributed by atoms with Crippen LogP contribution in [0.4, 0.5) is 0 Å². The van der Waals surface area contributed by atoms with Crippen LogP contribution in [0.3, 0.4) is 0 Å². The molecule has 0 saturated heterocycles. The van der Waals surface area contributed by atoms with E-state index in [2.05, 4.69) is 0 Å². The second-order valence-corrected chi connectivity index (χ2v) is 4.65. The summed E-state index contributed by atoms with van der Waals surface area (Å²) in [7, 11) is 0. The third-order valence-corrected chi connectivity index (χ3v) is 3.09. The molecule has 0 heterocycles. The van der Waals surface area contributed by atoms with Crippen LogP contribution < -0.4 is 5.73 Å². The van der Waals surface area contributed by atoms with E-state index in [0.29, 0.717) is 4.91 Å². The van der Waals surface area contributed by atoms with Crippen LogP contribution >= 0.6 is 11.8 Å². The summed E-state index contributed by atoms with van der Waals surface area (Å²) in [5, 5.41) is 35.6. The first-order valence-electron chi connectivity index (χ1n) is 4.36. The monoisotopic (exact) mass is 232 g/mol. The Bertz CT molecular complexity index is 266. The lowest BCUT2D eigenvalue weighted by atomic mass is 10.1. The zero-order valence-electron chi connectivity index (χ0n) is 8.71. The number of nitrogens with zero attached hydrogens (tertiary/aromatic N) is 1. The number of aliphatic hydroxyl groups is 3. The van der Waals surface area contributed by atoms with Crippen LogP contribution in [0.5, 0.6) is 0 Å². The van der Waals surface area contributed by atoms with E-state index in [1.807, 2.05) is 6.07 Å². The topological polar surface area (TPSA) is 110 Å². The fourth-order valence-electron chi connectivity index (χ4n) is 0.726. The second kappa shape index (κ2) is 6.10. The number of aliphatic hydroxyl groups excluding tert-OH is 1. The van der Waals surface area contributed by atoms with E-state index in [-0.39, 0.29) is 5.75 Å². The summed E-state index contributed by atoms with van der Waals surface area (Å²) in [6.45, 7) is 3.09. The Labute approximate surface area is 93.2 Å². The normalized spacial score (nSPS) is 15.2. The molecule has 0 aliphatic heterocycles. The molecule has 0 aromatic rings. The smallest absolute Gasteiger partial charge is 0.167 e. The molecular formula is C9H16N2O3S. The average Bonchev–Trinajstić information content (AvgIpc) is 2.09. The fraction of sp³-hybridized carbons (Fsp3) is 0.667. The Morgan fingerprint density at radius 1 is 1.60 bits per heavy atom. The predicted molar refractivity (Wildman–Crippen MR) is 58.7 cm³/mol. The molecule has 0 fully saturated rings. The second-order valence-electron chi connectivity index (χ2n) is 3.59. The lowest BCUT2D eigenvalue weighted by Crippen LogP contribution is -2.37. The van der Waals surface area contributed by atoms with E-state index in [0.717, 1.165) is 11.8 Å². The van der Waals surface area contributed by atoms with Crippen molar-refractivity contribution in [3.63, 3.8) is 0 Å². The maximum atomic E-state index is 9.65. The van der Waals surface area contributed by atoms with Gasteiger partial charge in [0.1, 0.15) is 0 Å². The van der Waals surface area contributed by atoms with E-state index in [9.17, 15) is 5.11 Å². The van der Waals surface area contributed by atoms with Crippen LogP contribution in [0.15, 0.2) is 11.0 Å². The molecule has 0 saturated carbocycles. The summed E-state index contributed by atoms with van der Waals surface area (Å²) in [5.74, 6) is 0.217. The number of allylic oxidation sites excluding steroid dienone is 1. The van der Waals surface area contributed by atoms with Gasteiger partial charge in [0.2, 0.25) is 0 Å². The number of thioether (sulfide) groups is 1. The summed E-state index contributed by atoms with van der Waals surface area (Å²) < 4.78 is 0. The minimum absolute atomic E-state index is 0.217. The zero-order chi connectivity index (χ0) is 12.1. The number of nitriles is 1. The molecule has 0 bridgehead atoms. The third kappa shape index (κ3) is 5.77. The van der Waals surface area contributed by atoms with Crippen LogP contribution in [0.25, 0.3) is 0 Å². The van der Waals surface area contributed by atoms with Crippen molar-refractivity contribution in [1.29, 1.82) is 5.26 Å². The molecule has 0 rings (SSSR count). The van der Waals surface area contributed by atoms with Gasteiger partial charge in [-0.1, -0.05) is 0 Å². The molecule has 0 unspecified atom stereocenters. The predicted octanol–water partition coefficient (Wildman–Crippen LogP) is -0.464. The van der Waals surface area contributed by atoms with Gasteiger partial charge in [-0.05, 0) is 13.8 Å². The molecule has 0 radical (unpaired) electrons. The molecule has 0 aromatic carbocycles. The number of hydrogen-bond acceptors (Lipinski definition) is 6. The van der Waals surface area contributed by atoms with Crippen LogP contribution in [-0.4, -0.2) is 39.0 Å². The molecule has 6 heteroatoms. The first kappa shape index (κ1) is 14.4. The maximum absolute atomic E-state index is 9.65. The fourth-order valence-corrected chi connectivity index (χ4v) is 1.76. The molecule has 0 spiro atoms. The van der Waals surface area contributed by atoms with Crippen molar-refractivity contribution in [3.8, 4) is 6.07 Å². The minimum atomic E-state index is -1.59. The highest BCUT2D eigenvalue weighted by Crippen LogP contribution is 2.27. The van der Waals surface area contributed by atoms with Crippen LogP contribution in [-0.2, 0) is 0 Å². The third-order valence-electron chi connectivity index (χ3n) is 1.61. The first-order valence-corrected chi connectivity index (χ1v) is 5.34. The molecule has 86 valence electrons. The summed E-state index contributed by atoms with van der Waals surface area (Å²) >= 11 is 1.13. The van der Waals surface area contributed by atoms with Gasteiger partial charge in [-0.25, -0.2) is 0 Å². The highest BCUT2D eigenvalue weighted by Gasteiger charge is 2.21. The number of rotatable bonds is 5. The highest BCUT2D eigenvalue weighted by molar-refractivity contribution is 8.03. The first-order chi connectivity index (χ1) is 6.79. The van der Waals surface area contributed by atoms with Gasteiger partial charge in [-0.15, -0.1) is 11.8 Å². The standard InChI is InChI=1S/C9H16N2O3S/c1-9(2,14)7(3-4-10)15-5-6(11)8(12)13/h3,6,8,12-14H,5,11H2,1-2H3/b7-3-/t6-/m0/s1. The van der Waals surface area contributed by atoms with Gasteiger partial charge in [0.15, 0.2) is 6.29 Å². The van der Waals surface area contributed by atoms with Crippen molar-refractivity contribution >= 4 is 11.8 Å². The maximum Gasteiger partial charge on any atom is 0.167 e. The molecule has 5 N–H and O–H groups in total. The van der Waals surface area contributed by atoms with E-state index < -0.39 is 17.9 Å². The minimum Gasteiger partial charge on any atom is -0.385 e. The van der Waals surface area contributed by atoms with E-state index in [1.165, 1.54) is 6.08 Å². The number of hydrogen-bond donors (Lipinski definition) is 4. The summed E-state index contributed by atoms with van der Waals surface area (Å²) in [6, 6.07) is 1.01. The molecular weight excluding hydrogens is 216 g/mol. The van der Waals surface area contributed by atoms with Gasteiger partial charge in [0.05, 0.1) is 17.7 Å². The van der Waals surface area contributed by atoms with Gasteiger partial charge in [-0.2, -0.15) is 5.26 Å². The zero-order valence-corrected chi connectivity index (χ0v) is 9.53. The van der Waals surface area contributed by atoms with Crippen molar-refractivity contribution in [2.24, 2.45) is 5.73 Å². The quantitative estimate of drug-likeness (QED) is 0.377. The molecule has 0 aliphatic rings. The summed E-state index contributed by atoms with van der Waals surface area (Å²) in [5.41, 5.74) is 4.27. The number of nitrogens with two attached hydrogens (primary N) is 1. The van der Waals surface area contributed by atoms with Crippen molar-refractivity contribution < 1.29 is 15.3 Å². The van der Waals surface area contributed by atoms with Crippen LogP contribution in [0.2, 0.25) is 0 Å². The molecule has 0 aliphatic carbocycles. The van der Waals surface area contributed by atoms with Gasteiger partial charge >= 0.3 is 0 Å². The summed E-state index contributed by atoms with van der Waals surface area (Å²) in [6.07, 6.45) is -0.371. The summed E-state index contributed by atoms with van der Waals surface area (Å²) in [4.78, 5) is 0.445. The Kier molecular flexibility index (Phi) is 5.87. The van der Waals surface area contributed by atoms with Crippen molar-refractivity contribution in [2.75, 3.05) is 5.75 Å². The van der Waals surface area contributed by atoms with Crippen molar-refractivity contribution in [2.45, 2.75) is 31.8 Å². The van der Waals surface area contributed by atoms with Crippen LogP contribution in [0.1, 0.15) is 13.8 Å². The van der Waals surface area contributed by atoms with Crippen LogP contribution in [0, 0.1) is 11.3 Å². The molecule has 1 atom stereocenters. The Hall–Kier alpha value is -0.580. The Morgan fingerprint density at radius 2 is 2.13 bits per heavy atom.